The van der Waals surface area contributed by atoms with Crippen LogP contribution in [-0.4, -0.2) is 16.0 Å². The van der Waals surface area contributed by atoms with Crippen molar-refractivity contribution < 1.29 is 9.72 Å². The van der Waals surface area contributed by atoms with Crippen molar-refractivity contribution in [2.75, 3.05) is 0 Å². The molecular formula is C18H15N3O3S. The van der Waals surface area contributed by atoms with Gasteiger partial charge in [-0.25, -0.2) is 4.99 Å². The monoisotopic (exact) mass is 353 g/mol. The Kier molecular flexibility index (Phi) is 4.67. The Morgan fingerprint density at radius 3 is 2.52 bits per heavy atom. The summed E-state index contributed by atoms with van der Waals surface area (Å²) in [5, 5.41) is 14.0. The predicted octanol–water partition coefficient (Wildman–Crippen LogP) is 4.10. The van der Waals surface area contributed by atoms with E-state index in [1.54, 1.807) is 13.0 Å². The molecule has 1 saturated heterocycles. The van der Waals surface area contributed by atoms with Gasteiger partial charge >= 0.3 is 0 Å². The highest BCUT2D eigenvalue weighted by Crippen LogP contribution is 2.30. The average Bonchev–Trinajstić information content (AvgIpc) is 2.91. The van der Waals surface area contributed by atoms with Crippen LogP contribution in [0, 0.1) is 24.0 Å². The fraction of sp³-hybridized carbons (Fsp3) is 0.111. The standard InChI is InChI=1S/C18H15N3O3S/c1-11-3-5-13(6-4-11)10-16-17(22)20-18(25-16)19-15-8-7-14(21(23)24)9-12(15)2/h3-10H,1-2H3,(H,19,20,22)/b16-10+. The van der Waals surface area contributed by atoms with Gasteiger partial charge in [0.1, 0.15) is 0 Å². The molecule has 1 aliphatic heterocycles. The number of amides is 1. The minimum atomic E-state index is -0.446. The van der Waals surface area contributed by atoms with Gasteiger partial charge in [0, 0.05) is 12.1 Å². The molecule has 7 heteroatoms. The van der Waals surface area contributed by atoms with E-state index in [0.717, 1.165) is 11.1 Å². The fourth-order valence-corrected chi connectivity index (χ4v) is 3.12. The van der Waals surface area contributed by atoms with Gasteiger partial charge in [0.15, 0.2) is 5.17 Å². The zero-order chi connectivity index (χ0) is 18.0. The van der Waals surface area contributed by atoms with E-state index in [9.17, 15) is 14.9 Å². The minimum absolute atomic E-state index is 0.0181. The quantitative estimate of drug-likeness (QED) is 0.511. The molecule has 1 aliphatic rings. The van der Waals surface area contributed by atoms with Crippen LogP contribution in [0.3, 0.4) is 0 Å². The molecule has 0 atom stereocenters. The van der Waals surface area contributed by atoms with E-state index < -0.39 is 4.92 Å². The van der Waals surface area contributed by atoms with Crippen molar-refractivity contribution in [2.24, 2.45) is 4.99 Å². The molecule has 2 aromatic rings. The molecule has 2 aromatic carbocycles. The second-order valence-electron chi connectivity index (χ2n) is 5.62. The normalized spacial score (nSPS) is 17.1. The Morgan fingerprint density at radius 2 is 1.88 bits per heavy atom. The lowest BCUT2D eigenvalue weighted by Gasteiger charge is -2.01. The summed E-state index contributed by atoms with van der Waals surface area (Å²) in [7, 11) is 0. The van der Waals surface area contributed by atoms with Crippen molar-refractivity contribution >= 4 is 40.3 Å². The lowest BCUT2D eigenvalue weighted by atomic mass is 10.1. The number of nitrogens with one attached hydrogen (secondary N) is 1. The van der Waals surface area contributed by atoms with E-state index in [2.05, 4.69) is 10.3 Å². The van der Waals surface area contributed by atoms with Crippen molar-refractivity contribution in [1.82, 2.24) is 5.32 Å². The molecule has 0 aromatic heterocycles. The maximum Gasteiger partial charge on any atom is 0.269 e. The number of non-ortho nitro benzene ring substituents is 1. The lowest BCUT2D eigenvalue weighted by molar-refractivity contribution is -0.384. The molecule has 1 amide bonds. The Morgan fingerprint density at radius 1 is 1.16 bits per heavy atom. The van der Waals surface area contributed by atoms with Crippen molar-refractivity contribution in [3.05, 3.63) is 74.2 Å². The van der Waals surface area contributed by atoms with Gasteiger partial charge in [-0.05, 0) is 48.9 Å². The molecular weight excluding hydrogens is 338 g/mol. The van der Waals surface area contributed by atoms with Gasteiger partial charge in [-0.3, -0.25) is 14.9 Å². The number of hydrogen-bond acceptors (Lipinski definition) is 5. The average molecular weight is 353 g/mol. The summed E-state index contributed by atoms with van der Waals surface area (Å²) in [6, 6.07) is 12.3. The smallest absolute Gasteiger partial charge is 0.269 e. The first kappa shape index (κ1) is 16.9. The van der Waals surface area contributed by atoms with Gasteiger partial charge in [-0.15, -0.1) is 0 Å². The molecule has 0 saturated carbocycles. The SMILES string of the molecule is Cc1ccc(/C=C2/SC(=Nc3ccc([N+](=O)[O-])cc3C)NC2=O)cc1. The second-order valence-corrected chi connectivity index (χ2v) is 6.65. The summed E-state index contributed by atoms with van der Waals surface area (Å²) >= 11 is 1.25. The van der Waals surface area contributed by atoms with Crippen LogP contribution in [-0.2, 0) is 4.79 Å². The van der Waals surface area contributed by atoms with Crippen molar-refractivity contribution in [2.45, 2.75) is 13.8 Å². The second kappa shape index (κ2) is 6.90. The van der Waals surface area contributed by atoms with Crippen LogP contribution < -0.4 is 5.32 Å². The van der Waals surface area contributed by atoms with Crippen LogP contribution >= 0.6 is 11.8 Å². The number of hydrogen-bond donors (Lipinski definition) is 1. The van der Waals surface area contributed by atoms with Crippen molar-refractivity contribution in [3.8, 4) is 0 Å². The summed E-state index contributed by atoms with van der Waals surface area (Å²) in [6.07, 6.45) is 1.81. The van der Waals surface area contributed by atoms with Crippen molar-refractivity contribution in [1.29, 1.82) is 0 Å². The number of aliphatic imine (C=N–C) groups is 1. The topological polar surface area (TPSA) is 84.6 Å². The van der Waals surface area contributed by atoms with E-state index in [0.29, 0.717) is 21.3 Å². The van der Waals surface area contributed by atoms with E-state index >= 15 is 0 Å². The van der Waals surface area contributed by atoms with Crippen LogP contribution in [0.1, 0.15) is 16.7 Å². The van der Waals surface area contributed by atoms with Gasteiger partial charge in [-0.2, -0.15) is 0 Å². The lowest BCUT2D eigenvalue weighted by Crippen LogP contribution is -2.19. The molecule has 0 unspecified atom stereocenters. The molecule has 126 valence electrons. The van der Waals surface area contributed by atoms with Gasteiger partial charge in [0.25, 0.3) is 11.6 Å². The van der Waals surface area contributed by atoms with E-state index in [1.165, 1.54) is 23.9 Å². The molecule has 0 aliphatic carbocycles. The first-order valence-corrected chi connectivity index (χ1v) is 8.35. The summed E-state index contributed by atoms with van der Waals surface area (Å²) in [4.78, 5) is 27.4. The zero-order valence-corrected chi connectivity index (χ0v) is 14.5. The van der Waals surface area contributed by atoms with Crippen LogP contribution in [0.5, 0.6) is 0 Å². The number of nitrogens with zero attached hydrogens (tertiary/aromatic N) is 2. The number of carbonyl (C=O) groups is 1. The third-order valence-corrected chi connectivity index (χ3v) is 4.55. The van der Waals surface area contributed by atoms with Crippen LogP contribution in [0.2, 0.25) is 0 Å². The molecule has 0 spiro atoms. The maximum absolute atomic E-state index is 12.1. The predicted molar refractivity (Wildman–Crippen MR) is 99.8 cm³/mol. The first-order chi connectivity index (χ1) is 11.9. The third-order valence-electron chi connectivity index (χ3n) is 3.64. The van der Waals surface area contributed by atoms with E-state index in [1.807, 2.05) is 37.3 Å². The molecule has 3 rings (SSSR count). The highest BCUT2D eigenvalue weighted by atomic mass is 32.2. The number of nitro benzene ring substituents is 1. The van der Waals surface area contributed by atoms with E-state index in [4.69, 9.17) is 0 Å². The minimum Gasteiger partial charge on any atom is -0.300 e. The Hall–Kier alpha value is -2.93. The van der Waals surface area contributed by atoms with E-state index in [-0.39, 0.29) is 11.6 Å². The Labute approximate surface area is 148 Å². The Balaban J connectivity index is 1.83. The number of carbonyl (C=O) groups excluding carboxylic acids is 1. The fourth-order valence-electron chi connectivity index (χ4n) is 2.28. The number of rotatable bonds is 3. The van der Waals surface area contributed by atoms with Gasteiger partial charge < -0.3 is 5.32 Å². The van der Waals surface area contributed by atoms with Crippen LogP contribution in [0.4, 0.5) is 11.4 Å². The van der Waals surface area contributed by atoms with Crippen molar-refractivity contribution in [3.63, 3.8) is 0 Å². The van der Waals surface area contributed by atoms with Crippen LogP contribution in [0.25, 0.3) is 6.08 Å². The number of nitro groups is 1. The summed E-state index contributed by atoms with van der Waals surface area (Å²) in [5.41, 5.74) is 3.37. The summed E-state index contributed by atoms with van der Waals surface area (Å²) < 4.78 is 0. The number of benzene rings is 2. The molecule has 25 heavy (non-hydrogen) atoms. The highest BCUT2D eigenvalue weighted by Gasteiger charge is 2.24. The van der Waals surface area contributed by atoms with Gasteiger partial charge in [0.05, 0.1) is 15.5 Å². The number of thioether (sulfide) groups is 1. The maximum atomic E-state index is 12.1. The number of amidine groups is 1. The largest absolute Gasteiger partial charge is 0.300 e. The number of aryl methyl sites for hydroxylation is 2. The molecule has 1 fully saturated rings. The molecule has 6 nitrogen and oxygen atoms in total. The van der Waals surface area contributed by atoms with Gasteiger partial charge in [0.2, 0.25) is 0 Å². The molecule has 1 heterocycles. The molecule has 0 bridgehead atoms. The molecule has 0 radical (unpaired) electrons. The highest BCUT2D eigenvalue weighted by molar-refractivity contribution is 8.18. The van der Waals surface area contributed by atoms with Crippen LogP contribution in [0.15, 0.2) is 52.4 Å². The zero-order valence-electron chi connectivity index (χ0n) is 13.6. The Bertz CT molecular complexity index is 918. The third kappa shape index (κ3) is 3.95. The summed E-state index contributed by atoms with van der Waals surface area (Å²) in [5.74, 6) is -0.205. The summed E-state index contributed by atoms with van der Waals surface area (Å²) in [6.45, 7) is 3.75. The van der Waals surface area contributed by atoms with Gasteiger partial charge in [-0.1, -0.05) is 29.8 Å². The first-order valence-electron chi connectivity index (χ1n) is 7.54. The molecule has 1 N–H and O–H groups in total.